The van der Waals surface area contributed by atoms with E-state index in [0.717, 1.165) is 69.5 Å². The molecule has 2 heterocycles. The van der Waals surface area contributed by atoms with Gasteiger partial charge in [-0.2, -0.15) is 0 Å². The molecule has 0 radical (unpaired) electrons. The molecule has 2 aromatic carbocycles. The average Bonchev–Trinajstić information content (AvgIpc) is 3.07. The molecule has 4 aliphatic carbocycles. The van der Waals surface area contributed by atoms with Gasteiger partial charge in [-0.05, 0) is 123 Å². The lowest BCUT2D eigenvalue weighted by atomic mass is 9.47. The minimum atomic E-state index is -0.801. The number of piperidine rings is 1. The van der Waals surface area contributed by atoms with Gasteiger partial charge in [0.05, 0.1) is 6.10 Å². The number of amides is 3. The Morgan fingerprint density at radius 1 is 0.979 bits per heavy atom. The Bertz CT molecular complexity index is 1460. The number of nitrogens with one attached hydrogen (secondary N) is 2. The average molecular weight is 679 g/mol. The van der Waals surface area contributed by atoms with E-state index in [4.69, 9.17) is 4.74 Å². The summed E-state index contributed by atoms with van der Waals surface area (Å²) in [6.45, 7) is 4.97. The number of hydrogen-bond donors (Lipinski definition) is 3. The molecule has 260 valence electrons. The molecule has 2 aromatic rings. The highest BCUT2D eigenvalue weighted by atomic mass is 35.5. The molecule has 4 bridgehead atoms. The number of hydrogen-bond acceptors (Lipinski definition) is 6. The van der Waals surface area contributed by atoms with Gasteiger partial charge in [-0.25, -0.2) is 0 Å². The molecule has 0 unspecified atom stereocenters. The zero-order valence-corrected chi connectivity index (χ0v) is 29.1. The molecule has 10 heteroatoms. The fourth-order valence-electron chi connectivity index (χ4n) is 9.98. The second-order valence-corrected chi connectivity index (χ2v) is 15.1. The number of ether oxygens (including phenoxy) is 1. The molecule has 0 aromatic heterocycles. The van der Waals surface area contributed by atoms with Gasteiger partial charge in [0.15, 0.2) is 0 Å². The Morgan fingerprint density at radius 2 is 1.60 bits per heavy atom. The standard InChI is InChI=1S/C38H50N4O5.ClH/c1-3-4-15-42-35(45)32(23-37-21-26-18-27(22-37)20-29(19-26)33(37)43)40-36(46)38(42)13-16-41(17-14-38)24-25-5-9-30(10-6-25)47-31-11-7-28(8-12-31)34(44)39-2;/h5-12,26-27,29,32-33,43H,3-4,13-24H2,1-2H3,(H,39,44)(H,40,46);1H/t26-,27-,29?,32-,33-,37?;/m1./s1. The number of carbonyl (C=O) groups excluding carboxylic acids is 3. The number of aliphatic hydroxyl groups is 1. The van der Waals surface area contributed by atoms with Crippen LogP contribution in [0.25, 0.3) is 0 Å². The van der Waals surface area contributed by atoms with Crippen LogP contribution >= 0.6 is 12.4 Å². The first-order valence-corrected chi connectivity index (χ1v) is 17.8. The van der Waals surface area contributed by atoms with Crippen LogP contribution in [0.15, 0.2) is 48.5 Å². The maximum atomic E-state index is 14.3. The molecule has 9 nitrogen and oxygen atoms in total. The number of nitrogens with zero attached hydrogens (tertiary/aromatic N) is 2. The molecular weight excluding hydrogens is 628 g/mol. The smallest absolute Gasteiger partial charge is 0.251 e. The van der Waals surface area contributed by atoms with Crippen LogP contribution in [-0.4, -0.2) is 77.0 Å². The third kappa shape index (κ3) is 6.46. The molecule has 4 atom stereocenters. The van der Waals surface area contributed by atoms with Crippen molar-refractivity contribution in [2.75, 3.05) is 26.7 Å². The molecule has 48 heavy (non-hydrogen) atoms. The van der Waals surface area contributed by atoms with Gasteiger partial charge in [0, 0.05) is 38.8 Å². The van der Waals surface area contributed by atoms with Gasteiger partial charge in [0.1, 0.15) is 23.1 Å². The van der Waals surface area contributed by atoms with Crippen molar-refractivity contribution in [1.82, 2.24) is 20.4 Å². The SMILES string of the molecule is CCCCN1C(=O)[C@@H](CC23C[C@H]4CC(C[C@@H](C4)C2)[C@H]3O)NC(=O)C12CCN(Cc1ccc(Oc3ccc(C(=O)NC)cc3)cc1)CC2.Cl. The number of piperazine rings is 1. The van der Waals surface area contributed by atoms with Crippen molar-refractivity contribution in [2.45, 2.75) is 95.4 Å². The number of carbonyl (C=O) groups is 3. The summed E-state index contributed by atoms with van der Waals surface area (Å²) < 4.78 is 5.98. The predicted molar refractivity (Wildman–Crippen MR) is 186 cm³/mol. The summed E-state index contributed by atoms with van der Waals surface area (Å²) in [5.74, 6) is 3.00. The molecule has 8 rings (SSSR count). The van der Waals surface area contributed by atoms with Crippen LogP contribution < -0.4 is 15.4 Å². The van der Waals surface area contributed by atoms with E-state index in [1.54, 1.807) is 31.3 Å². The van der Waals surface area contributed by atoms with Crippen molar-refractivity contribution in [1.29, 1.82) is 0 Å². The number of unbranched alkanes of at least 4 members (excludes halogenated alkanes) is 1. The fourth-order valence-corrected chi connectivity index (χ4v) is 9.98. The second-order valence-electron chi connectivity index (χ2n) is 15.1. The largest absolute Gasteiger partial charge is 0.457 e. The van der Waals surface area contributed by atoms with Crippen molar-refractivity contribution in [3.63, 3.8) is 0 Å². The minimum absolute atomic E-state index is 0. The summed E-state index contributed by atoms with van der Waals surface area (Å²) in [6.07, 6.45) is 8.82. The van der Waals surface area contributed by atoms with Crippen LogP contribution in [0.1, 0.15) is 87.1 Å². The number of rotatable bonds is 10. The van der Waals surface area contributed by atoms with Gasteiger partial charge < -0.3 is 25.4 Å². The van der Waals surface area contributed by atoms with Crippen LogP contribution in [0, 0.1) is 23.2 Å². The highest BCUT2D eigenvalue weighted by Gasteiger charge is 2.60. The molecule has 6 aliphatic rings. The van der Waals surface area contributed by atoms with Gasteiger partial charge in [-0.15, -0.1) is 12.4 Å². The zero-order chi connectivity index (χ0) is 32.8. The highest BCUT2D eigenvalue weighted by Crippen LogP contribution is 2.62. The topological polar surface area (TPSA) is 111 Å². The first-order chi connectivity index (χ1) is 22.7. The molecule has 6 fully saturated rings. The number of likely N-dealkylation sites (tertiary alicyclic amines) is 1. The van der Waals surface area contributed by atoms with Crippen molar-refractivity contribution in [3.05, 3.63) is 59.7 Å². The van der Waals surface area contributed by atoms with Crippen molar-refractivity contribution in [3.8, 4) is 11.5 Å². The summed E-state index contributed by atoms with van der Waals surface area (Å²) in [5, 5.41) is 17.3. The summed E-state index contributed by atoms with van der Waals surface area (Å²) in [5.41, 5.74) is 0.707. The molecule has 4 saturated carbocycles. The molecule has 3 amide bonds. The Kier molecular flexibility index (Phi) is 10.1. The predicted octanol–water partition coefficient (Wildman–Crippen LogP) is 5.30. The summed E-state index contributed by atoms with van der Waals surface area (Å²) in [7, 11) is 1.61. The normalized spacial score (nSPS) is 30.6. The van der Waals surface area contributed by atoms with Crippen molar-refractivity contribution >= 4 is 30.1 Å². The van der Waals surface area contributed by atoms with Crippen molar-refractivity contribution in [2.24, 2.45) is 23.2 Å². The molecule has 3 N–H and O–H groups in total. The monoisotopic (exact) mass is 678 g/mol. The number of halogens is 1. The van der Waals surface area contributed by atoms with E-state index in [-0.39, 0.29) is 41.6 Å². The lowest BCUT2D eigenvalue weighted by Crippen LogP contribution is -2.73. The van der Waals surface area contributed by atoms with E-state index in [1.807, 2.05) is 17.0 Å². The molecule has 2 aliphatic heterocycles. The highest BCUT2D eigenvalue weighted by molar-refractivity contribution is 6.00. The summed E-state index contributed by atoms with van der Waals surface area (Å²) in [4.78, 5) is 44.4. The third-order valence-electron chi connectivity index (χ3n) is 12.1. The van der Waals surface area contributed by atoms with Crippen molar-refractivity contribution < 1.29 is 24.2 Å². The lowest BCUT2D eigenvalue weighted by Gasteiger charge is -2.61. The van der Waals surface area contributed by atoms with Crippen LogP contribution in [0.2, 0.25) is 0 Å². The first kappa shape index (κ1) is 34.7. The Balaban J connectivity index is 0.00000401. The van der Waals surface area contributed by atoms with E-state index in [9.17, 15) is 19.5 Å². The molecule has 1 spiro atoms. The van der Waals surface area contributed by atoms with E-state index in [1.165, 1.54) is 6.42 Å². The van der Waals surface area contributed by atoms with Crippen LogP contribution in [-0.2, 0) is 16.1 Å². The van der Waals surface area contributed by atoms with Crippen LogP contribution in [0.5, 0.6) is 11.5 Å². The van der Waals surface area contributed by atoms with Gasteiger partial charge in [-0.1, -0.05) is 25.5 Å². The Morgan fingerprint density at radius 3 is 2.21 bits per heavy atom. The first-order valence-electron chi connectivity index (χ1n) is 17.8. The maximum Gasteiger partial charge on any atom is 0.251 e. The minimum Gasteiger partial charge on any atom is -0.457 e. The van der Waals surface area contributed by atoms with Gasteiger partial charge in [-0.3, -0.25) is 19.3 Å². The zero-order valence-electron chi connectivity index (χ0n) is 28.3. The van der Waals surface area contributed by atoms with Gasteiger partial charge in [0.25, 0.3) is 5.91 Å². The Hall–Kier alpha value is -3.14. The molecule has 2 saturated heterocycles. The van der Waals surface area contributed by atoms with E-state index in [0.29, 0.717) is 54.9 Å². The lowest BCUT2D eigenvalue weighted by molar-refractivity contribution is -0.175. The fraction of sp³-hybridized carbons (Fsp3) is 0.605. The molecular formula is C38H51ClN4O5. The maximum absolute atomic E-state index is 14.3. The Labute approximate surface area is 290 Å². The van der Waals surface area contributed by atoms with Crippen LogP contribution in [0.3, 0.4) is 0 Å². The second kappa shape index (κ2) is 14.0. The van der Waals surface area contributed by atoms with E-state index < -0.39 is 11.6 Å². The van der Waals surface area contributed by atoms with Gasteiger partial charge in [0.2, 0.25) is 11.8 Å². The number of benzene rings is 2. The third-order valence-corrected chi connectivity index (χ3v) is 12.1. The number of aliphatic hydroxyl groups excluding tert-OH is 1. The van der Waals surface area contributed by atoms with E-state index in [2.05, 4.69) is 34.6 Å². The summed E-state index contributed by atoms with van der Waals surface area (Å²) in [6, 6.07) is 14.5. The van der Waals surface area contributed by atoms with Gasteiger partial charge >= 0.3 is 0 Å². The summed E-state index contributed by atoms with van der Waals surface area (Å²) >= 11 is 0. The van der Waals surface area contributed by atoms with Crippen LogP contribution in [0.4, 0.5) is 0 Å². The van der Waals surface area contributed by atoms with E-state index >= 15 is 0 Å². The quantitative estimate of drug-likeness (QED) is 0.315.